The molecule has 0 aromatic heterocycles. The molecule has 0 aliphatic heterocycles. The van der Waals surface area contributed by atoms with Gasteiger partial charge in [0.1, 0.15) is 0 Å². The summed E-state index contributed by atoms with van der Waals surface area (Å²) in [5.74, 6) is 0.857. The Morgan fingerprint density at radius 3 is 0.538 bits per heavy atom. The summed E-state index contributed by atoms with van der Waals surface area (Å²) < 4.78 is 226. The maximum atomic E-state index is 13.0. The molecule has 0 amide bonds. The molecule has 106 heavy (non-hydrogen) atoms. The van der Waals surface area contributed by atoms with Crippen molar-refractivity contribution in [3.8, 4) is 0 Å². The van der Waals surface area contributed by atoms with E-state index in [0.717, 1.165) is 11.8 Å². The lowest BCUT2D eigenvalue weighted by atomic mass is 9.60. The topological polar surface area (TPSA) is 0 Å². The largest absolute Gasteiger partial charge is 0.394 e. The molecule has 656 valence electrons. The first-order valence-electron chi connectivity index (χ1n) is 40.8. The van der Waals surface area contributed by atoms with Crippen LogP contribution in [0.1, 0.15) is 427 Å². The van der Waals surface area contributed by atoms with Crippen LogP contribution in [0.2, 0.25) is 0 Å². The summed E-state index contributed by atoms with van der Waals surface area (Å²) >= 11 is 0. The quantitative estimate of drug-likeness (QED) is 0.0895. The Morgan fingerprint density at radius 2 is 0.500 bits per heavy atom. The van der Waals surface area contributed by atoms with E-state index in [0.29, 0.717) is 59.2 Å². The van der Waals surface area contributed by atoms with Crippen LogP contribution in [0.3, 0.4) is 0 Å². The second-order valence-corrected chi connectivity index (χ2v) is 38.0. The Kier molecular flexibility index (Phi) is 61.1. The average molecular weight is 1580 g/mol. The van der Waals surface area contributed by atoms with Crippen LogP contribution in [0.4, 0.5) is 79.0 Å². The number of hydrogen-bond acceptors (Lipinski definition) is 0. The first kappa shape index (κ1) is 126. The lowest BCUT2D eigenvalue weighted by Gasteiger charge is -2.46. The van der Waals surface area contributed by atoms with Gasteiger partial charge >= 0.3 is 37.1 Å². The highest BCUT2D eigenvalue weighted by Crippen LogP contribution is 2.57. The standard InChI is InChI=1S/2C11H21F3.C10H19F3.C10H22.C9H20.2C8H15F3.C7H13F3.2C7H16/c1-7(2)9(8(3)4)10(5,6)11(12,13)14;1-6-9(4,7-2)10(5,8-3)11(12,13)14;1-5-8(6-2)9(4,7-3)10(11,12)13;1-7-10(6,8-2)9(3,4)5;1-6-8(7-2)9(3,4)5;1-5-7(4,6(2)3)8(9,10)11;1-4-6-7(3,5-2)8(9,10)11;1-4-6(3,5-2)7(8,9)10;1-6(2)7(3,4)5;1-5-6-7(2,3)4/h7-9H,1-6H3;6-8H2,1-5H3;8H,5-7H2,1-4H3;7-8H2,1-6H3;8H,6-7H2,1-5H3;6H,5H2,1-4H3;4-6H2,1-3H3;4-5H2,1-3H3;6H,1-5H3;5-6H2,1-4H3. The zero-order valence-corrected chi connectivity index (χ0v) is 77.6. The van der Waals surface area contributed by atoms with Gasteiger partial charge in [-0.2, -0.15) is 79.0 Å². The van der Waals surface area contributed by atoms with Crippen LogP contribution < -0.4 is 0 Å². The summed E-state index contributed by atoms with van der Waals surface area (Å²) in [6.45, 7) is 86.0. The molecule has 0 aromatic rings. The Hall–Kier alpha value is -1.26. The van der Waals surface area contributed by atoms with Crippen LogP contribution in [-0.4, -0.2) is 37.1 Å². The van der Waals surface area contributed by atoms with Crippen molar-refractivity contribution in [3.05, 3.63) is 0 Å². The maximum absolute atomic E-state index is 13.0. The van der Waals surface area contributed by atoms with E-state index < -0.39 is 75.0 Å². The Morgan fingerprint density at radius 1 is 0.236 bits per heavy atom. The van der Waals surface area contributed by atoms with Crippen molar-refractivity contribution in [2.45, 2.75) is 464 Å². The third-order valence-electron chi connectivity index (χ3n) is 26.0. The molecule has 18 heteroatoms. The smallest absolute Gasteiger partial charge is 0.171 e. The van der Waals surface area contributed by atoms with Gasteiger partial charge in [-0.3, -0.25) is 0 Å². The first-order valence-corrected chi connectivity index (χ1v) is 40.8. The lowest BCUT2D eigenvalue weighted by Crippen LogP contribution is -2.47. The second-order valence-electron chi connectivity index (χ2n) is 38.0. The predicted molar refractivity (Wildman–Crippen MR) is 428 cm³/mol. The van der Waals surface area contributed by atoms with E-state index in [-0.39, 0.29) is 74.5 Å². The van der Waals surface area contributed by atoms with Gasteiger partial charge in [0.15, 0.2) is 0 Å². The molecule has 4 unspecified atom stereocenters. The van der Waals surface area contributed by atoms with E-state index in [1.54, 1.807) is 69.2 Å². The van der Waals surface area contributed by atoms with E-state index >= 15 is 0 Å². The normalized spacial score (nSPS) is 15.6. The number of halogens is 18. The van der Waals surface area contributed by atoms with E-state index in [9.17, 15) is 79.0 Å². The summed E-state index contributed by atoms with van der Waals surface area (Å²) in [6, 6.07) is 0. The van der Waals surface area contributed by atoms with Crippen molar-refractivity contribution in [1.82, 2.24) is 0 Å². The van der Waals surface area contributed by atoms with Gasteiger partial charge in [0.05, 0.1) is 32.5 Å². The highest BCUT2D eigenvalue weighted by molar-refractivity contribution is 4.96. The molecular formula is C88H178F18. The highest BCUT2D eigenvalue weighted by Gasteiger charge is 2.59. The number of rotatable bonds is 23. The second kappa shape index (κ2) is 51.6. The molecule has 0 bridgehead atoms. The Bertz CT molecular complexity index is 2020. The molecule has 0 aliphatic rings. The first-order chi connectivity index (χ1) is 46.4. The molecule has 0 aliphatic carbocycles. The summed E-state index contributed by atoms with van der Waals surface area (Å²) in [7, 11) is 0. The van der Waals surface area contributed by atoms with Gasteiger partial charge in [-0.05, 0) is 138 Å². The summed E-state index contributed by atoms with van der Waals surface area (Å²) in [4.78, 5) is 0. The van der Waals surface area contributed by atoms with Gasteiger partial charge in [0.25, 0.3) is 0 Å². The average Bonchev–Trinajstić information content (AvgIpc) is 0.765. The van der Waals surface area contributed by atoms with Gasteiger partial charge in [0.2, 0.25) is 0 Å². The van der Waals surface area contributed by atoms with Gasteiger partial charge in [-0.15, -0.1) is 0 Å². The van der Waals surface area contributed by atoms with Crippen molar-refractivity contribution >= 4 is 0 Å². The van der Waals surface area contributed by atoms with Crippen LogP contribution >= 0.6 is 0 Å². The molecule has 0 nitrogen and oxygen atoms in total. The minimum atomic E-state index is -4.12. The fourth-order valence-corrected chi connectivity index (χ4v) is 12.8. The van der Waals surface area contributed by atoms with E-state index in [1.165, 1.54) is 87.0 Å². The summed E-state index contributed by atoms with van der Waals surface area (Å²) in [5, 5.41) is 0. The molecule has 0 saturated heterocycles. The molecule has 0 aromatic carbocycles. The Labute approximate surface area is 647 Å². The van der Waals surface area contributed by atoms with Gasteiger partial charge < -0.3 is 0 Å². The van der Waals surface area contributed by atoms with Crippen LogP contribution in [0.25, 0.3) is 0 Å². The van der Waals surface area contributed by atoms with Crippen LogP contribution in [0.5, 0.6) is 0 Å². The van der Waals surface area contributed by atoms with Gasteiger partial charge in [0, 0.05) is 0 Å². The lowest BCUT2D eigenvalue weighted by molar-refractivity contribution is -0.259. The van der Waals surface area contributed by atoms with Crippen molar-refractivity contribution in [1.29, 1.82) is 0 Å². The van der Waals surface area contributed by atoms with Crippen molar-refractivity contribution < 1.29 is 79.0 Å². The molecule has 0 fully saturated rings. The monoisotopic (exact) mass is 1580 g/mol. The molecule has 0 radical (unpaired) electrons. The molecule has 0 heterocycles. The van der Waals surface area contributed by atoms with Crippen molar-refractivity contribution in [2.75, 3.05) is 0 Å². The molecule has 4 atom stereocenters. The molecule has 0 spiro atoms. The third kappa shape index (κ3) is 44.4. The van der Waals surface area contributed by atoms with Crippen molar-refractivity contribution in [2.24, 2.45) is 106 Å². The SMILES string of the molecule is CC(C)C(C(C)C)C(C)(C)C(F)(F)F.CC(C)C(C)(C)C.CCC(C)(C(C)C)C(F)(F)F.CCC(C)(CC)C(C)(C)C.CCC(C)(CC)C(C)(CC)C(F)(F)F.CCC(C)(CC)C(F)(F)F.CCC(CC)C(C)(C)C.CCC(CC)C(C)(CC)C(F)(F)F.CCCC(C)(C)C.CCCC(C)(CC)C(F)(F)F. The highest BCUT2D eigenvalue weighted by atomic mass is 19.4. The van der Waals surface area contributed by atoms with Crippen molar-refractivity contribution in [3.63, 3.8) is 0 Å². The van der Waals surface area contributed by atoms with E-state index in [4.69, 9.17) is 0 Å². The Balaban J connectivity index is -0.000000122. The summed E-state index contributed by atoms with van der Waals surface area (Å²) in [6.07, 6.45) is -12.5. The van der Waals surface area contributed by atoms with E-state index in [1.807, 2.05) is 55.4 Å². The fraction of sp³-hybridized carbons (Fsp3) is 1.00. The van der Waals surface area contributed by atoms with Crippen LogP contribution in [0.15, 0.2) is 0 Å². The molecule has 0 saturated carbocycles. The number of hydrogen-bond donors (Lipinski definition) is 0. The molecule has 0 rings (SSSR count). The summed E-state index contributed by atoms with van der Waals surface area (Å²) in [5.41, 5.74) is -7.25. The zero-order valence-electron chi connectivity index (χ0n) is 77.6. The van der Waals surface area contributed by atoms with Crippen LogP contribution in [-0.2, 0) is 0 Å². The van der Waals surface area contributed by atoms with E-state index in [2.05, 4.69) is 138 Å². The number of alkyl halides is 18. The van der Waals surface area contributed by atoms with Crippen LogP contribution in [0, 0.1) is 106 Å². The predicted octanol–water partition coefficient (Wildman–Crippen LogP) is 37.3. The minimum absolute atomic E-state index is 0.0478. The fourth-order valence-electron chi connectivity index (χ4n) is 12.8. The third-order valence-corrected chi connectivity index (χ3v) is 26.0. The minimum Gasteiger partial charge on any atom is -0.171 e. The molecular weight excluding hydrogens is 1400 g/mol. The molecule has 0 N–H and O–H groups in total. The van der Waals surface area contributed by atoms with Gasteiger partial charge in [-0.25, -0.2) is 0 Å². The maximum Gasteiger partial charge on any atom is 0.394 e. The van der Waals surface area contributed by atoms with Gasteiger partial charge in [-0.1, -0.05) is 363 Å². The zero-order chi connectivity index (χ0) is 88.8.